The summed E-state index contributed by atoms with van der Waals surface area (Å²) in [5.74, 6) is -1.40. The molecule has 0 aromatic carbocycles. The lowest BCUT2D eigenvalue weighted by molar-refractivity contribution is -0.402. The number of hydrogen-bond donors (Lipinski definition) is 1. The summed E-state index contributed by atoms with van der Waals surface area (Å²) in [6.45, 7) is -1.32. The van der Waals surface area contributed by atoms with Gasteiger partial charge in [-0.25, -0.2) is 0 Å². The number of nitrogens with zero attached hydrogens (tertiary/aromatic N) is 1. The summed E-state index contributed by atoms with van der Waals surface area (Å²) in [6.07, 6.45) is -3.00. The van der Waals surface area contributed by atoms with Gasteiger partial charge in [0.05, 0.1) is 12.2 Å². The standard InChI is InChI=1S/C13H15F3N2O5/c14-13(15,16)7-22-9-3-1-2-8(6-9)17-12(19)10-4-5-11(23-10)18(20)21/h4-5,8-9H,1-3,6-7H2,(H,17,19)/t8-,9-/m0/s1. The molecule has 1 heterocycles. The third-order valence-corrected chi connectivity index (χ3v) is 3.44. The van der Waals surface area contributed by atoms with Crippen LogP contribution in [0.2, 0.25) is 0 Å². The zero-order chi connectivity index (χ0) is 17.0. The number of halogens is 3. The smallest absolute Gasteiger partial charge is 0.395 e. The highest BCUT2D eigenvalue weighted by molar-refractivity contribution is 5.91. The maximum atomic E-state index is 12.1. The number of amides is 1. The van der Waals surface area contributed by atoms with Crippen LogP contribution >= 0.6 is 0 Å². The number of hydrogen-bond acceptors (Lipinski definition) is 5. The number of carbonyl (C=O) groups excluding carboxylic acids is 1. The van der Waals surface area contributed by atoms with E-state index in [9.17, 15) is 28.1 Å². The molecule has 0 unspecified atom stereocenters. The van der Waals surface area contributed by atoms with Crippen molar-refractivity contribution in [3.05, 3.63) is 28.0 Å². The summed E-state index contributed by atoms with van der Waals surface area (Å²) in [7, 11) is 0. The first kappa shape index (κ1) is 17.3. The minimum Gasteiger partial charge on any atom is -0.395 e. The fraction of sp³-hybridized carbons (Fsp3) is 0.615. The lowest BCUT2D eigenvalue weighted by Gasteiger charge is -2.29. The minimum atomic E-state index is -4.39. The Labute approximate surface area is 128 Å². The summed E-state index contributed by atoms with van der Waals surface area (Å²) in [4.78, 5) is 21.7. The van der Waals surface area contributed by atoms with Crippen molar-refractivity contribution >= 4 is 11.8 Å². The number of rotatable bonds is 5. The molecular formula is C13H15F3N2O5. The SMILES string of the molecule is O=C(N[C@H]1CCC[C@H](OCC(F)(F)F)C1)c1ccc([N+](=O)[O-])o1. The van der Waals surface area contributed by atoms with E-state index >= 15 is 0 Å². The van der Waals surface area contributed by atoms with E-state index in [2.05, 4.69) is 5.32 Å². The van der Waals surface area contributed by atoms with E-state index < -0.39 is 35.6 Å². The molecule has 7 nitrogen and oxygen atoms in total. The van der Waals surface area contributed by atoms with Crippen molar-refractivity contribution in [3.63, 3.8) is 0 Å². The van der Waals surface area contributed by atoms with Crippen LogP contribution in [0.25, 0.3) is 0 Å². The van der Waals surface area contributed by atoms with Gasteiger partial charge >= 0.3 is 12.1 Å². The molecule has 10 heteroatoms. The van der Waals surface area contributed by atoms with Crippen molar-refractivity contribution in [2.24, 2.45) is 0 Å². The molecule has 1 aliphatic carbocycles. The Balaban J connectivity index is 1.86. The number of alkyl halides is 3. The maximum Gasteiger partial charge on any atom is 0.433 e. The van der Waals surface area contributed by atoms with Gasteiger partial charge in [0.1, 0.15) is 11.5 Å². The number of furan rings is 1. The minimum absolute atomic E-state index is 0.213. The van der Waals surface area contributed by atoms with Crippen molar-refractivity contribution in [2.75, 3.05) is 6.61 Å². The molecule has 1 aliphatic rings. The van der Waals surface area contributed by atoms with Gasteiger partial charge in [0.15, 0.2) is 5.76 Å². The molecular weight excluding hydrogens is 321 g/mol. The van der Waals surface area contributed by atoms with Crippen LogP contribution in [0.1, 0.15) is 36.2 Å². The van der Waals surface area contributed by atoms with Gasteiger partial charge in [-0.3, -0.25) is 14.9 Å². The third-order valence-electron chi connectivity index (χ3n) is 3.44. The number of ether oxygens (including phenoxy) is 1. The first-order valence-corrected chi connectivity index (χ1v) is 6.98. The van der Waals surface area contributed by atoms with Crippen molar-refractivity contribution in [2.45, 2.75) is 44.0 Å². The van der Waals surface area contributed by atoms with E-state index in [1.165, 1.54) is 6.07 Å². The Morgan fingerprint density at radius 2 is 2.17 bits per heavy atom. The second-order valence-electron chi connectivity index (χ2n) is 5.28. The van der Waals surface area contributed by atoms with Crippen LogP contribution < -0.4 is 5.32 Å². The largest absolute Gasteiger partial charge is 0.433 e. The Morgan fingerprint density at radius 3 is 2.78 bits per heavy atom. The van der Waals surface area contributed by atoms with Crippen LogP contribution in [-0.4, -0.2) is 35.8 Å². The normalized spacial score (nSPS) is 21.9. The Morgan fingerprint density at radius 1 is 1.43 bits per heavy atom. The van der Waals surface area contributed by atoms with E-state index in [1.54, 1.807) is 0 Å². The first-order valence-electron chi connectivity index (χ1n) is 6.98. The van der Waals surface area contributed by atoms with Crippen molar-refractivity contribution in [1.29, 1.82) is 0 Å². The third kappa shape index (κ3) is 5.23. The van der Waals surface area contributed by atoms with Gasteiger partial charge in [-0.2, -0.15) is 13.2 Å². The monoisotopic (exact) mass is 336 g/mol. The van der Waals surface area contributed by atoms with Gasteiger partial charge in [-0.1, -0.05) is 0 Å². The molecule has 1 fully saturated rings. The highest BCUT2D eigenvalue weighted by atomic mass is 19.4. The number of nitrogens with one attached hydrogen (secondary N) is 1. The molecule has 1 N–H and O–H groups in total. The zero-order valence-corrected chi connectivity index (χ0v) is 12.0. The van der Waals surface area contributed by atoms with Gasteiger partial charge in [0, 0.05) is 6.04 Å². The Kier molecular flexibility index (Phi) is 5.24. The highest BCUT2D eigenvalue weighted by Gasteiger charge is 2.32. The Hall–Kier alpha value is -2.10. The van der Waals surface area contributed by atoms with Crippen molar-refractivity contribution in [3.8, 4) is 0 Å². The fourth-order valence-electron chi connectivity index (χ4n) is 2.44. The topological polar surface area (TPSA) is 94.6 Å². The summed E-state index contributed by atoms with van der Waals surface area (Å²) in [5.41, 5.74) is 0. The van der Waals surface area contributed by atoms with Gasteiger partial charge in [0.2, 0.25) is 0 Å². The molecule has 0 spiro atoms. The van der Waals surface area contributed by atoms with Crippen LogP contribution in [-0.2, 0) is 4.74 Å². The van der Waals surface area contributed by atoms with Crippen molar-refractivity contribution in [1.82, 2.24) is 5.32 Å². The average Bonchev–Trinajstić information content (AvgIpc) is 2.95. The molecule has 0 aliphatic heterocycles. The predicted molar refractivity (Wildman–Crippen MR) is 70.9 cm³/mol. The van der Waals surface area contributed by atoms with Gasteiger partial charge in [-0.05, 0) is 31.7 Å². The summed E-state index contributed by atoms with van der Waals surface area (Å²) in [6, 6.07) is 1.87. The van der Waals surface area contributed by atoms with Crippen LogP contribution in [0, 0.1) is 10.1 Å². The Bertz CT molecular complexity index is 572. The average molecular weight is 336 g/mol. The first-order chi connectivity index (χ1) is 10.7. The second-order valence-corrected chi connectivity index (χ2v) is 5.28. The molecule has 23 heavy (non-hydrogen) atoms. The maximum absolute atomic E-state index is 12.1. The fourth-order valence-corrected chi connectivity index (χ4v) is 2.44. The van der Waals surface area contributed by atoms with Crippen molar-refractivity contribution < 1.29 is 32.0 Å². The number of nitro groups is 1. The molecule has 1 amide bonds. The van der Waals surface area contributed by atoms with E-state index in [-0.39, 0.29) is 18.2 Å². The van der Waals surface area contributed by atoms with Crippen LogP contribution in [0.3, 0.4) is 0 Å². The molecule has 0 bridgehead atoms. The molecule has 128 valence electrons. The van der Waals surface area contributed by atoms with Gasteiger partial charge in [0.25, 0.3) is 5.91 Å². The lowest BCUT2D eigenvalue weighted by Crippen LogP contribution is -2.41. The van der Waals surface area contributed by atoms with E-state index in [0.29, 0.717) is 19.3 Å². The van der Waals surface area contributed by atoms with Crippen LogP contribution in [0.4, 0.5) is 19.1 Å². The van der Waals surface area contributed by atoms with E-state index in [0.717, 1.165) is 6.07 Å². The zero-order valence-electron chi connectivity index (χ0n) is 12.0. The van der Waals surface area contributed by atoms with Gasteiger partial charge < -0.3 is 14.5 Å². The summed E-state index contributed by atoms with van der Waals surface area (Å²) < 4.78 is 46.0. The molecule has 0 saturated heterocycles. The molecule has 0 radical (unpaired) electrons. The predicted octanol–water partition coefficient (Wildman–Crippen LogP) is 2.81. The molecule has 1 saturated carbocycles. The van der Waals surface area contributed by atoms with E-state index in [4.69, 9.17) is 9.15 Å². The quantitative estimate of drug-likeness (QED) is 0.659. The summed E-state index contributed by atoms with van der Waals surface area (Å²) >= 11 is 0. The molecule has 1 aromatic rings. The lowest BCUT2D eigenvalue weighted by atomic mass is 9.92. The molecule has 2 rings (SSSR count). The van der Waals surface area contributed by atoms with Gasteiger partial charge in [-0.15, -0.1) is 0 Å². The second kappa shape index (κ2) is 6.99. The highest BCUT2D eigenvalue weighted by Crippen LogP contribution is 2.25. The number of carbonyl (C=O) groups is 1. The van der Waals surface area contributed by atoms with E-state index in [1.807, 2.05) is 0 Å². The molecule has 2 atom stereocenters. The molecule has 1 aromatic heterocycles. The van der Waals surface area contributed by atoms with Crippen LogP contribution in [0.15, 0.2) is 16.5 Å². The summed E-state index contributed by atoms with van der Waals surface area (Å²) in [5, 5.41) is 13.1. The van der Waals surface area contributed by atoms with Crippen LogP contribution in [0.5, 0.6) is 0 Å².